The summed E-state index contributed by atoms with van der Waals surface area (Å²) in [6, 6.07) is 0. The van der Waals surface area contributed by atoms with Crippen molar-refractivity contribution >= 4 is 17.9 Å². The summed E-state index contributed by atoms with van der Waals surface area (Å²) in [6.07, 6.45) is 52.8. The number of ether oxygens (including phenoxy) is 3. The molecule has 0 aliphatic heterocycles. The van der Waals surface area contributed by atoms with Gasteiger partial charge in [0.25, 0.3) is 0 Å². The first-order chi connectivity index (χ1) is 29.0. The van der Waals surface area contributed by atoms with Crippen molar-refractivity contribution in [2.24, 2.45) is 0 Å². The minimum atomic E-state index is -0.758. The van der Waals surface area contributed by atoms with Gasteiger partial charge in [-0.05, 0) is 19.3 Å². The lowest BCUT2D eigenvalue weighted by molar-refractivity contribution is -0.167. The average Bonchev–Trinajstić information content (AvgIpc) is 3.23. The van der Waals surface area contributed by atoms with Crippen molar-refractivity contribution in [1.29, 1.82) is 0 Å². The third-order valence-corrected chi connectivity index (χ3v) is 12.1. The summed E-state index contributed by atoms with van der Waals surface area (Å²) in [4.78, 5) is 37.6. The highest BCUT2D eigenvalue weighted by Gasteiger charge is 2.19. The van der Waals surface area contributed by atoms with E-state index in [1.807, 2.05) is 0 Å². The lowest BCUT2D eigenvalue weighted by Crippen LogP contribution is -2.30. The van der Waals surface area contributed by atoms with Gasteiger partial charge >= 0.3 is 17.9 Å². The zero-order valence-corrected chi connectivity index (χ0v) is 40.1. The molecule has 1 atom stereocenters. The highest BCUT2D eigenvalue weighted by molar-refractivity contribution is 5.71. The maximum atomic E-state index is 12.7. The fraction of sp³-hybridized carbons (Fsp3) is 0.943. The maximum absolute atomic E-state index is 12.7. The molecule has 0 spiro atoms. The van der Waals surface area contributed by atoms with Crippen molar-refractivity contribution in [3.63, 3.8) is 0 Å². The molecule has 0 aliphatic rings. The van der Waals surface area contributed by atoms with Crippen LogP contribution in [0.2, 0.25) is 0 Å². The van der Waals surface area contributed by atoms with Crippen LogP contribution in [-0.2, 0) is 28.6 Å². The zero-order chi connectivity index (χ0) is 43.0. The van der Waals surface area contributed by atoms with Crippen LogP contribution in [0.1, 0.15) is 303 Å². The number of esters is 3. The normalized spacial score (nSPS) is 11.8. The highest BCUT2D eigenvalue weighted by atomic mass is 16.6. The number of carbonyl (C=O) groups is 3. The van der Waals surface area contributed by atoms with Crippen LogP contribution in [0.25, 0.3) is 0 Å². The van der Waals surface area contributed by atoms with Gasteiger partial charge in [0.05, 0.1) is 0 Å². The van der Waals surface area contributed by atoms with E-state index in [9.17, 15) is 14.4 Å². The standard InChI is InChI=1S/C53H102O6/c1-4-7-10-13-15-17-19-21-23-24-25-26-27-28-29-30-32-33-35-37-40-43-46-52(55)58-49-50(48-57-51(54)45-42-39-12-9-6-3)59-53(56)47-44-41-38-36-34-31-22-20-18-16-14-11-8-5-2/h50H,4-49H2,1-3H3. The fourth-order valence-corrected chi connectivity index (χ4v) is 8.09. The van der Waals surface area contributed by atoms with Crippen molar-refractivity contribution in [1.82, 2.24) is 0 Å². The third-order valence-electron chi connectivity index (χ3n) is 12.1. The van der Waals surface area contributed by atoms with Crippen molar-refractivity contribution < 1.29 is 28.6 Å². The molecule has 6 nitrogen and oxygen atoms in total. The molecule has 0 aromatic carbocycles. The number of rotatable bonds is 49. The number of unbranched alkanes of at least 4 members (excludes halogenated alkanes) is 38. The van der Waals surface area contributed by atoms with Gasteiger partial charge in [0.1, 0.15) is 13.2 Å². The Balaban J connectivity index is 4.03. The summed E-state index contributed by atoms with van der Waals surface area (Å²) in [7, 11) is 0. The quantitative estimate of drug-likeness (QED) is 0.0345. The maximum Gasteiger partial charge on any atom is 0.306 e. The van der Waals surface area contributed by atoms with Crippen molar-refractivity contribution in [3.8, 4) is 0 Å². The molecular weight excluding hydrogens is 733 g/mol. The van der Waals surface area contributed by atoms with Crippen LogP contribution in [0.4, 0.5) is 0 Å². The first kappa shape index (κ1) is 57.4. The second-order valence-corrected chi connectivity index (χ2v) is 18.2. The molecule has 0 radical (unpaired) electrons. The highest BCUT2D eigenvalue weighted by Crippen LogP contribution is 2.17. The van der Waals surface area contributed by atoms with E-state index in [2.05, 4.69) is 20.8 Å². The second kappa shape index (κ2) is 49.1. The summed E-state index contributed by atoms with van der Waals surface area (Å²) < 4.78 is 16.7. The molecule has 0 amide bonds. The number of hydrogen-bond donors (Lipinski definition) is 0. The minimum absolute atomic E-state index is 0.0631. The smallest absolute Gasteiger partial charge is 0.306 e. The van der Waals surface area contributed by atoms with E-state index >= 15 is 0 Å². The fourth-order valence-electron chi connectivity index (χ4n) is 8.09. The summed E-state index contributed by atoms with van der Waals surface area (Å²) in [5.74, 6) is -0.857. The minimum Gasteiger partial charge on any atom is -0.462 e. The molecule has 0 heterocycles. The first-order valence-corrected chi connectivity index (χ1v) is 26.5. The largest absolute Gasteiger partial charge is 0.462 e. The first-order valence-electron chi connectivity index (χ1n) is 26.5. The van der Waals surface area contributed by atoms with Crippen LogP contribution in [0.5, 0.6) is 0 Å². The van der Waals surface area contributed by atoms with E-state index in [0.29, 0.717) is 19.3 Å². The summed E-state index contributed by atoms with van der Waals surface area (Å²) in [6.45, 7) is 6.60. The van der Waals surface area contributed by atoms with E-state index in [-0.39, 0.29) is 31.1 Å². The Hall–Kier alpha value is -1.59. The van der Waals surface area contributed by atoms with Gasteiger partial charge in [-0.25, -0.2) is 0 Å². The zero-order valence-electron chi connectivity index (χ0n) is 40.1. The lowest BCUT2D eigenvalue weighted by Gasteiger charge is -2.18. The van der Waals surface area contributed by atoms with Gasteiger partial charge in [-0.3, -0.25) is 14.4 Å². The van der Waals surface area contributed by atoms with E-state index in [1.54, 1.807) is 0 Å². The Morgan fingerprint density at radius 1 is 0.271 bits per heavy atom. The second-order valence-electron chi connectivity index (χ2n) is 18.2. The Bertz CT molecular complexity index is 874. The van der Waals surface area contributed by atoms with Gasteiger partial charge in [-0.1, -0.05) is 265 Å². The predicted molar refractivity (Wildman–Crippen MR) is 252 cm³/mol. The molecule has 6 heteroatoms. The third kappa shape index (κ3) is 47.3. The predicted octanol–water partition coefficient (Wildman–Crippen LogP) is 17.2. The van der Waals surface area contributed by atoms with E-state index < -0.39 is 6.10 Å². The van der Waals surface area contributed by atoms with Crippen LogP contribution in [0.15, 0.2) is 0 Å². The van der Waals surface area contributed by atoms with Crippen LogP contribution in [-0.4, -0.2) is 37.2 Å². The monoisotopic (exact) mass is 835 g/mol. The Morgan fingerprint density at radius 3 is 0.678 bits per heavy atom. The Morgan fingerprint density at radius 2 is 0.458 bits per heavy atom. The molecule has 1 unspecified atom stereocenters. The van der Waals surface area contributed by atoms with Crippen LogP contribution in [0, 0.1) is 0 Å². The summed E-state index contributed by atoms with van der Waals surface area (Å²) in [5, 5.41) is 0. The Kier molecular flexibility index (Phi) is 47.7. The molecule has 0 fully saturated rings. The molecule has 0 aromatic rings. The molecule has 350 valence electrons. The number of carbonyl (C=O) groups excluding carboxylic acids is 3. The molecule has 0 rings (SSSR count). The SMILES string of the molecule is CCCCCCCCCCCCCCCCCCCCCCCCC(=O)OCC(COC(=O)CCCCCCC)OC(=O)CCCCCCCCCCCCCCCC. The molecule has 0 aromatic heterocycles. The van der Waals surface area contributed by atoms with Crippen molar-refractivity contribution in [2.75, 3.05) is 13.2 Å². The van der Waals surface area contributed by atoms with E-state index in [0.717, 1.165) is 64.2 Å². The van der Waals surface area contributed by atoms with Crippen molar-refractivity contribution in [2.45, 2.75) is 309 Å². The lowest BCUT2D eigenvalue weighted by atomic mass is 10.0. The Labute approximate surface area is 368 Å². The molecule has 0 saturated carbocycles. The molecule has 59 heavy (non-hydrogen) atoms. The van der Waals surface area contributed by atoms with E-state index in [4.69, 9.17) is 14.2 Å². The topological polar surface area (TPSA) is 78.9 Å². The average molecular weight is 835 g/mol. The summed E-state index contributed by atoms with van der Waals surface area (Å²) >= 11 is 0. The molecule has 0 aliphatic carbocycles. The van der Waals surface area contributed by atoms with Gasteiger partial charge < -0.3 is 14.2 Å². The molecule has 0 bridgehead atoms. The van der Waals surface area contributed by atoms with Gasteiger partial charge in [0, 0.05) is 19.3 Å². The van der Waals surface area contributed by atoms with Gasteiger partial charge in [0.15, 0.2) is 6.10 Å². The summed E-state index contributed by atoms with van der Waals surface area (Å²) in [5.41, 5.74) is 0. The van der Waals surface area contributed by atoms with Crippen LogP contribution in [0.3, 0.4) is 0 Å². The molecular formula is C53H102O6. The van der Waals surface area contributed by atoms with Gasteiger partial charge in [0.2, 0.25) is 0 Å². The molecule has 0 N–H and O–H groups in total. The number of hydrogen-bond acceptors (Lipinski definition) is 6. The van der Waals surface area contributed by atoms with Gasteiger partial charge in [-0.15, -0.1) is 0 Å². The van der Waals surface area contributed by atoms with Crippen LogP contribution < -0.4 is 0 Å². The van der Waals surface area contributed by atoms with Gasteiger partial charge in [-0.2, -0.15) is 0 Å². The van der Waals surface area contributed by atoms with E-state index in [1.165, 1.54) is 199 Å². The van der Waals surface area contributed by atoms with Crippen molar-refractivity contribution in [3.05, 3.63) is 0 Å². The van der Waals surface area contributed by atoms with Crippen LogP contribution >= 0.6 is 0 Å². The molecule has 0 saturated heterocycles.